The summed E-state index contributed by atoms with van der Waals surface area (Å²) in [5.41, 5.74) is 1.52. The van der Waals surface area contributed by atoms with Gasteiger partial charge in [-0.15, -0.1) is 0 Å². The zero-order chi connectivity index (χ0) is 19.6. The van der Waals surface area contributed by atoms with Crippen LogP contribution in [-0.2, 0) is 11.2 Å². The van der Waals surface area contributed by atoms with Crippen molar-refractivity contribution in [3.05, 3.63) is 53.6 Å². The van der Waals surface area contributed by atoms with Gasteiger partial charge in [-0.25, -0.2) is 4.99 Å². The molecular formula is C20H24N2O5. The molecule has 0 spiro atoms. The lowest BCUT2D eigenvalue weighted by Gasteiger charge is -2.10. The number of carbonyl (C=O) groups is 1. The molecule has 0 unspecified atom stereocenters. The summed E-state index contributed by atoms with van der Waals surface area (Å²) in [5, 5.41) is 2.65. The molecule has 2 aromatic rings. The normalized spacial score (nSPS) is 10.9. The highest BCUT2D eigenvalue weighted by molar-refractivity contribution is 6.04. The molecule has 7 heteroatoms. The summed E-state index contributed by atoms with van der Waals surface area (Å²) in [6.07, 6.45) is 0.658. The molecule has 0 aromatic heterocycles. The van der Waals surface area contributed by atoms with Gasteiger partial charge < -0.3 is 18.9 Å². The SMILES string of the molecule is COC(=NCCc1ccc(OC)c(OC)c1)NC(=O)c1ccc(OC)cc1. The van der Waals surface area contributed by atoms with Gasteiger partial charge in [-0.05, 0) is 48.4 Å². The summed E-state index contributed by atoms with van der Waals surface area (Å²) in [7, 11) is 6.22. The molecule has 0 saturated heterocycles. The van der Waals surface area contributed by atoms with E-state index in [1.165, 1.54) is 7.11 Å². The highest BCUT2D eigenvalue weighted by Crippen LogP contribution is 2.27. The standard InChI is InChI=1S/C20H24N2O5/c1-24-16-8-6-15(7-9-16)19(23)22-20(27-4)21-12-11-14-5-10-17(25-2)18(13-14)26-3/h5-10,13H,11-12H2,1-4H3,(H,21,22,23). The molecule has 2 aromatic carbocycles. The first-order valence-corrected chi connectivity index (χ1v) is 8.36. The van der Waals surface area contributed by atoms with E-state index in [0.717, 1.165) is 5.56 Å². The molecule has 0 heterocycles. The molecule has 144 valence electrons. The third kappa shape index (κ3) is 5.64. The van der Waals surface area contributed by atoms with Gasteiger partial charge in [0.05, 0.1) is 28.4 Å². The quantitative estimate of drug-likeness (QED) is 0.597. The van der Waals surface area contributed by atoms with Crippen LogP contribution < -0.4 is 19.5 Å². The second-order valence-electron chi connectivity index (χ2n) is 5.51. The Bertz CT molecular complexity index is 787. The monoisotopic (exact) mass is 372 g/mol. The van der Waals surface area contributed by atoms with Crippen LogP contribution in [0, 0.1) is 0 Å². The van der Waals surface area contributed by atoms with E-state index in [1.54, 1.807) is 45.6 Å². The Hall–Kier alpha value is -3.22. The number of hydrogen-bond acceptors (Lipinski definition) is 6. The smallest absolute Gasteiger partial charge is 0.291 e. The first kappa shape index (κ1) is 20.1. The number of methoxy groups -OCH3 is 4. The summed E-state index contributed by atoms with van der Waals surface area (Å²) in [6.45, 7) is 0.446. The first-order valence-electron chi connectivity index (χ1n) is 8.36. The average molecular weight is 372 g/mol. The van der Waals surface area contributed by atoms with Gasteiger partial charge in [0.15, 0.2) is 11.5 Å². The van der Waals surface area contributed by atoms with Gasteiger partial charge in [-0.3, -0.25) is 10.1 Å². The van der Waals surface area contributed by atoms with Crippen molar-refractivity contribution >= 4 is 11.9 Å². The van der Waals surface area contributed by atoms with Crippen LogP contribution in [0.4, 0.5) is 0 Å². The molecule has 2 rings (SSSR count). The number of nitrogens with one attached hydrogen (secondary N) is 1. The highest BCUT2D eigenvalue weighted by atomic mass is 16.5. The maximum atomic E-state index is 12.3. The van der Waals surface area contributed by atoms with Gasteiger partial charge in [0.2, 0.25) is 0 Å². The molecule has 0 bridgehead atoms. The minimum absolute atomic E-state index is 0.163. The Kier molecular flexibility index (Phi) is 7.49. The fourth-order valence-corrected chi connectivity index (χ4v) is 2.39. The second-order valence-corrected chi connectivity index (χ2v) is 5.51. The minimum Gasteiger partial charge on any atom is -0.497 e. The Labute approximate surface area is 158 Å². The van der Waals surface area contributed by atoms with E-state index in [1.807, 2.05) is 18.2 Å². The van der Waals surface area contributed by atoms with Crippen LogP contribution in [0.15, 0.2) is 47.5 Å². The third-order valence-electron chi connectivity index (χ3n) is 3.87. The van der Waals surface area contributed by atoms with E-state index in [0.29, 0.717) is 35.8 Å². The lowest BCUT2D eigenvalue weighted by molar-refractivity contribution is 0.0968. The lowest BCUT2D eigenvalue weighted by Crippen LogP contribution is -2.32. The van der Waals surface area contributed by atoms with Crippen molar-refractivity contribution in [1.82, 2.24) is 5.32 Å². The van der Waals surface area contributed by atoms with Crippen LogP contribution in [0.25, 0.3) is 0 Å². The van der Waals surface area contributed by atoms with Crippen molar-refractivity contribution < 1.29 is 23.7 Å². The number of hydrogen-bond donors (Lipinski definition) is 1. The van der Waals surface area contributed by atoms with Crippen molar-refractivity contribution in [3.63, 3.8) is 0 Å². The zero-order valence-electron chi connectivity index (χ0n) is 15.9. The van der Waals surface area contributed by atoms with E-state index in [4.69, 9.17) is 18.9 Å². The van der Waals surface area contributed by atoms with Gasteiger partial charge in [-0.2, -0.15) is 0 Å². The first-order chi connectivity index (χ1) is 13.1. The van der Waals surface area contributed by atoms with Gasteiger partial charge in [0.1, 0.15) is 5.75 Å². The van der Waals surface area contributed by atoms with Crippen LogP contribution in [0.1, 0.15) is 15.9 Å². The number of rotatable bonds is 7. The van der Waals surface area contributed by atoms with Gasteiger partial charge in [0, 0.05) is 12.1 Å². The number of nitrogens with zero attached hydrogens (tertiary/aromatic N) is 1. The Morgan fingerprint density at radius 1 is 0.926 bits per heavy atom. The average Bonchev–Trinajstić information content (AvgIpc) is 2.72. The van der Waals surface area contributed by atoms with Gasteiger partial charge in [-0.1, -0.05) is 6.07 Å². The molecule has 0 fully saturated rings. The Morgan fingerprint density at radius 3 is 2.22 bits per heavy atom. The molecule has 1 N–H and O–H groups in total. The maximum Gasteiger partial charge on any atom is 0.291 e. The number of amidine groups is 1. The largest absolute Gasteiger partial charge is 0.497 e. The number of ether oxygens (including phenoxy) is 4. The summed E-state index contributed by atoms with van der Waals surface area (Å²) in [5.74, 6) is 1.72. The van der Waals surface area contributed by atoms with E-state index in [9.17, 15) is 4.79 Å². The van der Waals surface area contributed by atoms with Crippen molar-refractivity contribution in [2.24, 2.45) is 4.99 Å². The molecule has 0 saturated carbocycles. The predicted molar refractivity (Wildman–Crippen MR) is 103 cm³/mol. The Balaban J connectivity index is 1.96. The molecule has 1 amide bonds. The van der Waals surface area contributed by atoms with Crippen molar-refractivity contribution in [2.45, 2.75) is 6.42 Å². The summed E-state index contributed by atoms with van der Waals surface area (Å²) >= 11 is 0. The number of carbonyl (C=O) groups excluding carboxylic acids is 1. The minimum atomic E-state index is -0.302. The summed E-state index contributed by atoms with van der Waals surface area (Å²) < 4.78 is 20.8. The van der Waals surface area contributed by atoms with Crippen LogP contribution in [0.3, 0.4) is 0 Å². The van der Waals surface area contributed by atoms with E-state index >= 15 is 0 Å². The second kappa shape index (κ2) is 10.1. The van der Waals surface area contributed by atoms with Crippen LogP contribution in [0.5, 0.6) is 17.2 Å². The summed E-state index contributed by atoms with van der Waals surface area (Å²) in [4.78, 5) is 16.6. The molecule has 0 atom stereocenters. The number of aliphatic imine (C=N–C) groups is 1. The number of amides is 1. The fourth-order valence-electron chi connectivity index (χ4n) is 2.39. The van der Waals surface area contributed by atoms with Crippen LogP contribution in [-0.4, -0.2) is 46.9 Å². The summed E-state index contributed by atoms with van der Waals surface area (Å²) in [6, 6.07) is 12.6. The van der Waals surface area contributed by atoms with E-state index < -0.39 is 0 Å². The topological polar surface area (TPSA) is 78.4 Å². The highest BCUT2D eigenvalue weighted by Gasteiger charge is 2.09. The van der Waals surface area contributed by atoms with Gasteiger partial charge >= 0.3 is 0 Å². The Morgan fingerprint density at radius 2 is 1.63 bits per heavy atom. The predicted octanol–water partition coefficient (Wildman–Crippen LogP) is 2.69. The van der Waals surface area contributed by atoms with E-state index in [2.05, 4.69) is 10.3 Å². The molecule has 0 aliphatic carbocycles. The molecule has 27 heavy (non-hydrogen) atoms. The fraction of sp³-hybridized carbons (Fsp3) is 0.300. The maximum absolute atomic E-state index is 12.3. The van der Waals surface area contributed by atoms with Crippen molar-refractivity contribution in [3.8, 4) is 17.2 Å². The van der Waals surface area contributed by atoms with Crippen LogP contribution in [0.2, 0.25) is 0 Å². The van der Waals surface area contributed by atoms with Crippen molar-refractivity contribution in [2.75, 3.05) is 35.0 Å². The van der Waals surface area contributed by atoms with E-state index in [-0.39, 0.29) is 11.9 Å². The number of benzene rings is 2. The lowest BCUT2D eigenvalue weighted by atomic mass is 10.1. The van der Waals surface area contributed by atoms with Crippen LogP contribution >= 0.6 is 0 Å². The molecular weight excluding hydrogens is 348 g/mol. The molecule has 0 aliphatic heterocycles. The third-order valence-corrected chi connectivity index (χ3v) is 3.87. The van der Waals surface area contributed by atoms with Crippen molar-refractivity contribution in [1.29, 1.82) is 0 Å². The molecule has 7 nitrogen and oxygen atoms in total. The molecule has 0 radical (unpaired) electrons. The zero-order valence-corrected chi connectivity index (χ0v) is 15.9. The van der Waals surface area contributed by atoms with Gasteiger partial charge in [0.25, 0.3) is 11.9 Å². The molecule has 0 aliphatic rings.